The van der Waals surface area contributed by atoms with Crippen LogP contribution in [0.4, 0.5) is 0 Å². The Morgan fingerprint density at radius 3 is 2.18 bits per heavy atom. The van der Waals surface area contributed by atoms with Gasteiger partial charge in [0.15, 0.2) is 0 Å². The molecule has 0 heterocycles. The molecule has 0 spiro atoms. The van der Waals surface area contributed by atoms with E-state index in [4.69, 9.17) is 0 Å². The van der Waals surface area contributed by atoms with E-state index in [1.807, 2.05) is 0 Å². The zero-order valence-corrected chi connectivity index (χ0v) is 20.5. The van der Waals surface area contributed by atoms with Crippen LogP contribution in [0.1, 0.15) is 67.2 Å². The van der Waals surface area contributed by atoms with Crippen molar-refractivity contribution in [3.63, 3.8) is 0 Å². The lowest BCUT2D eigenvalue weighted by molar-refractivity contribution is -0.129. The van der Waals surface area contributed by atoms with Gasteiger partial charge in [-0.15, -0.1) is 0 Å². The maximum absolute atomic E-state index is 12.8. The molecule has 0 aromatic heterocycles. The minimum absolute atomic E-state index is 0.116. The molecule has 0 aliphatic heterocycles. The van der Waals surface area contributed by atoms with Gasteiger partial charge in [-0.05, 0) is 92.0 Å². The molecule has 2 fully saturated rings. The minimum atomic E-state index is -0.116. The highest BCUT2D eigenvalue weighted by atomic mass is 16.3. The van der Waals surface area contributed by atoms with Crippen LogP contribution in [-0.4, -0.2) is 10.9 Å². The summed E-state index contributed by atoms with van der Waals surface area (Å²) in [7, 11) is 0. The van der Waals surface area contributed by atoms with Gasteiger partial charge in [-0.3, -0.25) is 4.79 Å². The Hall–Kier alpha value is -2.87. The Bertz CT molecular complexity index is 1270. The van der Waals surface area contributed by atoms with Gasteiger partial charge in [0.1, 0.15) is 11.5 Å². The molecule has 3 aliphatic carbocycles. The molecule has 0 amide bonds. The lowest BCUT2D eigenvalue weighted by Crippen LogP contribution is -2.42. The van der Waals surface area contributed by atoms with Crippen LogP contribution in [0.15, 0.2) is 54.6 Å². The molecule has 0 radical (unpaired) electrons. The van der Waals surface area contributed by atoms with E-state index in [0.717, 1.165) is 60.8 Å². The Morgan fingerprint density at radius 2 is 1.50 bits per heavy atom. The van der Waals surface area contributed by atoms with E-state index in [1.165, 1.54) is 22.3 Å². The Balaban J connectivity index is 1.54. The number of Topliss-reactive ketones (excluding diaryl/α,β-unsaturated/α-hetero) is 1. The van der Waals surface area contributed by atoms with Crippen molar-refractivity contribution >= 4 is 5.78 Å². The van der Waals surface area contributed by atoms with Crippen molar-refractivity contribution in [3.05, 3.63) is 76.9 Å². The zero-order chi connectivity index (χ0) is 23.6. The standard InChI is InChI=1S/C32H34O2/c1-19-4-8-21(9-5-19)26-18-27-23-16-17-32(3)28(14-15-29(32)33)24(23)12-13-25(27)30(31(26)34)22-10-6-20(2)7-11-22/h4-11,18,23-24,28,34H,12-17H2,1-3H3/t23-,24+,28-,32-/m0/s1. The highest BCUT2D eigenvalue weighted by Gasteiger charge is 2.54. The number of fused-ring (bicyclic) bond motifs is 5. The molecule has 174 valence electrons. The summed E-state index contributed by atoms with van der Waals surface area (Å²) in [5, 5.41) is 11.7. The van der Waals surface area contributed by atoms with E-state index in [1.54, 1.807) is 0 Å². The van der Waals surface area contributed by atoms with Gasteiger partial charge in [-0.25, -0.2) is 0 Å². The Kier molecular flexibility index (Phi) is 4.99. The van der Waals surface area contributed by atoms with Crippen molar-refractivity contribution in [2.75, 3.05) is 0 Å². The second-order valence-corrected chi connectivity index (χ2v) is 11.3. The van der Waals surface area contributed by atoms with Crippen molar-refractivity contribution in [2.45, 2.75) is 65.2 Å². The molecule has 2 saturated carbocycles. The lowest BCUT2D eigenvalue weighted by atomic mass is 9.55. The predicted molar refractivity (Wildman–Crippen MR) is 138 cm³/mol. The van der Waals surface area contributed by atoms with Gasteiger partial charge in [-0.1, -0.05) is 66.6 Å². The normalized spacial score (nSPS) is 27.7. The average Bonchev–Trinajstić information content (AvgIpc) is 3.14. The number of hydrogen-bond acceptors (Lipinski definition) is 2. The van der Waals surface area contributed by atoms with Gasteiger partial charge in [0, 0.05) is 23.0 Å². The van der Waals surface area contributed by atoms with E-state index in [-0.39, 0.29) is 5.41 Å². The van der Waals surface area contributed by atoms with Gasteiger partial charge in [0.2, 0.25) is 0 Å². The average molecular weight is 451 g/mol. The van der Waals surface area contributed by atoms with Crippen LogP contribution in [0.2, 0.25) is 0 Å². The van der Waals surface area contributed by atoms with Crippen LogP contribution in [0.3, 0.4) is 0 Å². The smallest absolute Gasteiger partial charge is 0.139 e. The molecular formula is C32H34O2. The maximum atomic E-state index is 12.8. The van der Waals surface area contributed by atoms with E-state index in [0.29, 0.717) is 29.3 Å². The van der Waals surface area contributed by atoms with Gasteiger partial charge in [-0.2, -0.15) is 0 Å². The monoisotopic (exact) mass is 450 g/mol. The summed E-state index contributed by atoms with van der Waals surface area (Å²) in [6, 6.07) is 19.4. The molecule has 3 aromatic rings. The highest BCUT2D eigenvalue weighted by Crippen LogP contribution is 2.61. The van der Waals surface area contributed by atoms with E-state index in [2.05, 4.69) is 75.4 Å². The fourth-order valence-corrected chi connectivity index (χ4v) is 7.48. The molecule has 0 saturated heterocycles. The van der Waals surface area contributed by atoms with Crippen molar-refractivity contribution in [3.8, 4) is 28.0 Å². The maximum Gasteiger partial charge on any atom is 0.139 e. The first kappa shape index (κ1) is 21.6. The van der Waals surface area contributed by atoms with Gasteiger partial charge >= 0.3 is 0 Å². The number of benzene rings is 3. The molecule has 3 aliphatic rings. The van der Waals surface area contributed by atoms with Gasteiger partial charge < -0.3 is 5.11 Å². The van der Waals surface area contributed by atoms with Crippen LogP contribution in [0.5, 0.6) is 5.75 Å². The van der Waals surface area contributed by atoms with Gasteiger partial charge in [0.05, 0.1) is 0 Å². The summed E-state index contributed by atoms with van der Waals surface area (Å²) in [6.45, 7) is 6.44. The molecule has 0 unspecified atom stereocenters. The van der Waals surface area contributed by atoms with Crippen LogP contribution in [-0.2, 0) is 11.2 Å². The minimum Gasteiger partial charge on any atom is -0.507 e. The lowest BCUT2D eigenvalue weighted by Gasteiger charge is -2.48. The first-order valence-electron chi connectivity index (χ1n) is 12.9. The SMILES string of the molecule is Cc1ccc(-c2cc3c(c(-c4ccc(C)cc4)c2O)CC[C@@H]2[C@@H]3CC[C@]3(C)C(=O)CC[C@@H]23)cc1. The predicted octanol–water partition coefficient (Wildman–Crippen LogP) is 7.77. The molecular weight excluding hydrogens is 416 g/mol. The molecule has 3 aromatic carbocycles. The summed E-state index contributed by atoms with van der Waals surface area (Å²) < 4.78 is 0. The third-order valence-corrected chi connectivity index (χ3v) is 9.42. The summed E-state index contributed by atoms with van der Waals surface area (Å²) in [5.74, 6) is 2.45. The first-order chi connectivity index (χ1) is 16.4. The third kappa shape index (κ3) is 3.18. The van der Waals surface area contributed by atoms with Crippen LogP contribution < -0.4 is 0 Å². The number of carbonyl (C=O) groups is 1. The van der Waals surface area contributed by atoms with Crippen LogP contribution in [0, 0.1) is 31.1 Å². The number of rotatable bonds is 2. The van der Waals surface area contributed by atoms with Crippen molar-refractivity contribution in [1.82, 2.24) is 0 Å². The van der Waals surface area contributed by atoms with Crippen LogP contribution >= 0.6 is 0 Å². The van der Waals surface area contributed by atoms with Crippen LogP contribution in [0.25, 0.3) is 22.3 Å². The molecule has 0 bridgehead atoms. The third-order valence-electron chi connectivity index (χ3n) is 9.42. The summed E-state index contributed by atoms with van der Waals surface area (Å²) in [6.07, 6.45) is 5.98. The number of carbonyl (C=O) groups excluding carboxylic acids is 1. The zero-order valence-electron chi connectivity index (χ0n) is 20.5. The summed E-state index contributed by atoms with van der Waals surface area (Å²) in [4.78, 5) is 12.8. The molecule has 6 rings (SSSR count). The first-order valence-corrected chi connectivity index (χ1v) is 12.9. The van der Waals surface area contributed by atoms with Gasteiger partial charge in [0.25, 0.3) is 0 Å². The number of phenolic OH excluding ortho intramolecular Hbond substituents is 1. The fourth-order valence-electron chi connectivity index (χ4n) is 7.48. The topological polar surface area (TPSA) is 37.3 Å². The van der Waals surface area contributed by atoms with E-state index in [9.17, 15) is 9.90 Å². The number of hydrogen-bond donors (Lipinski definition) is 1. The molecule has 2 nitrogen and oxygen atoms in total. The fraction of sp³-hybridized carbons (Fsp3) is 0.406. The molecule has 1 N–H and O–H groups in total. The van der Waals surface area contributed by atoms with Crippen molar-refractivity contribution in [2.24, 2.45) is 17.3 Å². The molecule has 4 atom stereocenters. The number of aromatic hydroxyl groups is 1. The number of ketones is 1. The quantitative estimate of drug-likeness (QED) is 0.433. The summed E-state index contributed by atoms with van der Waals surface area (Å²) in [5.41, 5.74) is 9.19. The second kappa shape index (κ2) is 7.83. The Labute approximate surface area is 203 Å². The Morgan fingerprint density at radius 1 is 0.853 bits per heavy atom. The summed E-state index contributed by atoms with van der Waals surface area (Å²) >= 11 is 0. The number of phenols is 1. The van der Waals surface area contributed by atoms with E-state index >= 15 is 0 Å². The van der Waals surface area contributed by atoms with Crippen molar-refractivity contribution in [1.29, 1.82) is 0 Å². The highest BCUT2D eigenvalue weighted by molar-refractivity contribution is 5.88. The second-order valence-electron chi connectivity index (χ2n) is 11.3. The van der Waals surface area contributed by atoms with E-state index < -0.39 is 0 Å². The molecule has 2 heteroatoms. The largest absolute Gasteiger partial charge is 0.507 e. The number of aryl methyl sites for hydroxylation is 2. The van der Waals surface area contributed by atoms with Crippen molar-refractivity contribution < 1.29 is 9.90 Å². The molecule has 34 heavy (non-hydrogen) atoms.